The number of aromatic hydroxyl groups is 1. The lowest BCUT2D eigenvalue weighted by Gasteiger charge is -2.48. The maximum absolute atomic E-state index is 12.9. The largest absolute Gasteiger partial charge is 0.507 e. The van der Waals surface area contributed by atoms with Crippen molar-refractivity contribution < 1.29 is 34.8 Å². The third-order valence-electron chi connectivity index (χ3n) is 7.06. The Labute approximate surface area is 203 Å². The van der Waals surface area contributed by atoms with Gasteiger partial charge >= 0.3 is 5.97 Å². The van der Waals surface area contributed by atoms with E-state index in [-0.39, 0.29) is 11.3 Å². The van der Waals surface area contributed by atoms with Gasteiger partial charge in [-0.1, -0.05) is 30.3 Å². The first-order valence-corrected chi connectivity index (χ1v) is 11.2. The van der Waals surface area contributed by atoms with Crippen molar-refractivity contribution in [2.24, 2.45) is 5.73 Å². The van der Waals surface area contributed by atoms with Crippen LogP contribution < -0.4 is 16.4 Å². The summed E-state index contributed by atoms with van der Waals surface area (Å²) in [5, 5.41) is 50.2. The number of hydrogen-bond acceptors (Lipinski definition) is 9. The monoisotopic (exact) mass is 487 g/mol. The van der Waals surface area contributed by atoms with E-state index in [0.29, 0.717) is 11.3 Å². The van der Waals surface area contributed by atoms with E-state index in [2.05, 4.69) is 10.6 Å². The number of anilines is 1. The molecule has 8 N–H and O–H groups in total. The Hall–Kier alpha value is -3.18. The Kier molecular flexibility index (Phi) is 7.14. The van der Waals surface area contributed by atoms with E-state index in [1.807, 2.05) is 0 Å². The van der Waals surface area contributed by atoms with Gasteiger partial charge in [-0.05, 0) is 44.5 Å². The number of nitrogens with one attached hydrogen (secondary N) is 2. The van der Waals surface area contributed by atoms with Crippen molar-refractivity contribution in [2.45, 2.75) is 62.6 Å². The lowest BCUT2D eigenvalue weighted by Crippen LogP contribution is -2.75. The van der Waals surface area contributed by atoms with Crippen LogP contribution in [-0.4, -0.2) is 73.8 Å². The molecule has 35 heavy (non-hydrogen) atoms. The summed E-state index contributed by atoms with van der Waals surface area (Å²) in [5.41, 5.74) is 0.926. The van der Waals surface area contributed by atoms with Gasteiger partial charge in [-0.15, -0.1) is 0 Å². The van der Waals surface area contributed by atoms with E-state index >= 15 is 0 Å². The molecule has 0 radical (unpaired) electrons. The third kappa shape index (κ3) is 4.23. The summed E-state index contributed by atoms with van der Waals surface area (Å²) in [4.78, 5) is 25.0. The number of ether oxygens (including phenoxy) is 1. The van der Waals surface area contributed by atoms with Gasteiger partial charge in [0.2, 0.25) is 5.91 Å². The fourth-order valence-corrected chi connectivity index (χ4v) is 5.15. The zero-order valence-electron chi connectivity index (χ0n) is 20.1. The van der Waals surface area contributed by atoms with Crippen LogP contribution in [0.25, 0.3) is 0 Å². The molecule has 190 valence electrons. The molecule has 0 unspecified atom stereocenters. The number of benzene rings is 2. The first-order chi connectivity index (χ1) is 16.3. The van der Waals surface area contributed by atoms with E-state index in [9.17, 15) is 30.0 Å². The normalized spacial score (nSPS) is 31.0. The third-order valence-corrected chi connectivity index (χ3v) is 7.06. The Balaban J connectivity index is 2.07. The van der Waals surface area contributed by atoms with Crippen molar-refractivity contribution in [1.82, 2.24) is 5.32 Å². The molecule has 2 aromatic rings. The summed E-state index contributed by atoms with van der Waals surface area (Å²) >= 11 is 0. The average molecular weight is 488 g/mol. The molecule has 10 nitrogen and oxygen atoms in total. The molecule has 2 aromatic carbocycles. The molecule has 1 aliphatic rings. The summed E-state index contributed by atoms with van der Waals surface area (Å²) in [6.07, 6.45) is -1.42. The van der Waals surface area contributed by atoms with Crippen molar-refractivity contribution >= 4 is 17.6 Å². The van der Waals surface area contributed by atoms with Crippen LogP contribution in [0.3, 0.4) is 0 Å². The van der Waals surface area contributed by atoms with Gasteiger partial charge in [0.1, 0.15) is 29.1 Å². The molecule has 0 saturated heterocycles. The number of amides is 1. The average Bonchev–Trinajstić information content (AvgIpc) is 2.89. The Bertz CT molecular complexity index is 1070. The number of phenolic OH excluding ortho intramolecular Hbond substituents is 1. The Morgan fingerprint density at radius 3 is 2.31 bits per heavy atom. The fraction of sp³-hybridized carbons (Fsp3) is 0.440. The number of aliphatic hydroxyl groups excluding tert-OH is 1. The molecule has 0 spiro atoms. The smallest absolute Gasteiger partial charge is 0.342 e. The van der Waals surface area contributed by atoms with Gasteiger partial charge in [0.15, 0.2) is 5.60 Å². The Morgan fingerprint density at radius 2 is 1.77 bits per heavy atom. The molecule has 1 fully saturated rings. The standard InChI is InChI=1S/C25H33N3O7/c1-14-9-8-12-18(31)19(14)22(32)35-13-24(34)21(27-17-10-6-5-7-11-17)20(26)25(15(2)29,23(24,4)33)28-16(3)30/h5-12,15,20-21,27,29,31,33-34H,13,26H2,1-4H3,(H,28,30)/t15-,20-,21-,23-,24+,25-/m0/s1. The number of carbonyl (C=O) groups excluding carboxylic acids is 2. The van der Waals surface area contributed by atoms with Gasteiger partial charge in [0.25, 0.3) is 0 Å². The molecule has 0 aliphatic heterocycles. The predicted octanol–water partition coefficient (Wildman–Crippen LogP) is 0.417. The molecule has 10 heteroatoms. The zero-order chi connectivity index (χ0) is 26.2. The van der Waals surface area contributed by atoms with E-state index < -0.39 is 53.4 Å². The number of aryl methyl sites for hydroxylation is 1. The summed E-state index contributed by atoms with van der Waals surface area (Å²) in [6.45, 7) is 4.61. The molecule has 3 rings (SSSR count). The van der Waals surface area contributed by atoms with Crippen molar-refractivity contribution in [3.8, 4) is 5.75 Å². The molecule has 0 aromatic heterocycles. The lowest BCUT2D eigenvalue weighted by atomic mass is 9.73. The minimum atomic E-state index is -2.30. The molecule has 1 saturated carbocycles. The van der Waals surface area contributed by atoms with Crippen LogP contribution in [0.4, 0.5) is 5.69 Å². The van der Waals surface area contributed by atoms with Crippen molar-refractivity contribution in [2.75, 3.05) is 11.9 Å². The summed E-state index contributed by atoms with van der Waals surface area (Å²) < 4.78 is 5.41. The lowest BCUT2D eigenvalue weighted by molar-refractivity contribution is -0.189. The highest BCUT2D eigenvalue weighted by atomic mass is 16.5. The van der Waals surface area contributed by atoms with Crippen LogP contribution in [0.15, 0.2) is 48.5 Å². The maximum Gasteiger partial charge on any atom is 0.342 e. The van der Waals surface area contributed by atoms with E-state index in [1.54, 1.807) is 49.4 Å². The second kappa shape index (κ2) is 9.46. The van der Waals surface area contributed by atoms with Gasteiger partial charge in [-0.2, -0.15) is 0 Å². The van der Waals surface area contributed by atoms with Crippen LogP contribution in [0.2, 0.25) is 0 Å². The number of para-hydroxylation sites is 1. The fourth-order valence-electron chi connectivity index (χ4n) is 5.15. The molecule has 1 amide bonds. The number of aliphatic hydroxyl groups is 3. The van der Waals surface area contributed by atoms with E-state index in [0.717, 1.165) is 0 Å². The Morgan fingerprint density at radius 1 is 1.14 bits per heavy atom. The molecule has 6 atom stereocenters. The van der Waals surface area contributed by atoms with E-state index in [4.69, 9.17) is 10.5 Å². The van der Waals surface area contributed by atoms with Crippen LogP contribution in [0.5, 0.6) is 5.75 Å². The predicted molar refractivity (Wildman–Crippen MR) is 129 cm³/mol. The van der Waals surface area contributed by atoms with Crippen LogP contribution >= 0.6 is 0 Å². The number of phenols is 1. The second-order valence-corrected chi connectivity index (χ2v) is 9.28. The number of carbonyl (C=O) groups is 2. The maximum atomic E-state index is 12.9. The first-order valence-electron chi connectivity index (χ1n) is 11.2. The summed E-state index contributed by atoms with van der Waals surface area (Å²) in [5.74, 6) is -1.82. The van der Waals surface area contributed by atoms with Gasteiger partial charge in [0, 0.05) is 12.6 Å². The molecular weight excluding hydrogens is 454 g/mol. The van der Waals surface area contributed by atoms with Crippen LogP contribution in [0, 0.1) is 6.92 Å². The van der Waals surface area contributed by atoms with Gasteiger partial charge in [0.05, 0.1) is 18.2 Å². The first kappa shape index (κ1) is 26.4. The van der Waals surface area contributed by atoms with Gasteiger partial charge in [-0.25, -0.2) is 4.79 Å². The minimum absolute atomic E-state index is 0.0887. The molecule has 1 aliphatic carbocycles. The number of rotatable bonds is 7. The van der Waals surface area contributed by atoms with Gasteiger partial charge < -0.3 is 41.5 Å². The molecule has 0 bridgehead atoms. The van der Waals surface area contributed by atoms with E-state index in [1.165, 1.54) is 26.8 Å². The molecular formula is C25H33N3O7. The highest BCUT2D eigenvalue weighted by Crippen LogP contribution is 2.49. The topological polar surface area (TPSA) is 174 Å². The zero-order valence-corrected chi connectivity index (χ0v) is 20.1. The highest BCUT2D eigenvalue weighted by Gasteiger charge is 2.76. The second-order valence-electron chi connectivity index (χ2n) is 9.28. The molecule has 0 heterocycles. The number of esters is 1. The van der Waals surface area contributed by atoms with Gasteiger partial charge in [-0.3, -0.25) is 4.79 Å². The number of hydrogen-bond donors (Lipinski definition) is 7. The van der Waals surface area contributed by atoms with Crippen LogP contribution in [-0.2, 0) is 9.53 Å². The quantitative estimate of drug-likeness (QED) is 0.273. The minimum Gasteiger partial charge on any atom is -0.507 e. The summed E-state index contributed by atoms with van der Waals surface area (Å²) in [7, 11) is 0. The van der Waals surface area contributed by atoms with Crippen molar-refractivity contribution in [1.29, 1.82) is 0 Å². The SMILES string of the molecule is CC(=O)N[C@@]1([C@H](C)O)[C@@H](N)[C@H](Nc2ccccc2)[C@](O)(COC(=O)c2c(C)cccc2O)[C@]1(C)O. The van der Waals surface area contributed by atoms with Crippen molar-refractivity contribution in [3.63, 3.8) is 0 Å². The van der Waals surface area contributed by atoms with Crippen molar-refractivity contribution in [3.05, 3.63) is 59.7 Å². The van der Waals surface area contributed by atoms with Crippen LogP contribution in [0.1, 0.15) is 36.7 Å². The highest BCUT2D eigenvalue weighted by molar-refractivity contribution is 5.94. The summed E-state index contributed by atoms with van der Waals surface area (Å²) in [6, 6.07) is 10.8. The number of nitrogens with two attached hydrogens (primary N) is 1.